The number of likely N-dealkylation sites (tertiary alicyclic amines) is 1. The molecule has 0 unspecified atom stereocenters. The van der Waals surface area contributed by atoms with Crippen molar-refractivity contribution in [2.45, 2.75) is 25.7 Å². The number of piperidine rings is 1. The van der Waals surface area contributed by atoms with E-state index in [0.717, 1.165) is 12.8 Å². The van der Waals surface area contributed by atoms with Crippen molar-refractivity contribution < 1.29 is 23.9 Å². The van der Waals surface area contributed by atoms with Crippen LogP contribution in [0.5, 0.6) is 11.5 Å². The molecule has 1 saturated carbocycles. The molecule has 3 amide bonds. The molecule has 33 heavy (non-hydrogen) atoms. The van der Waals surface area contributed by atoms with E-state index in [1.54, 1.807) is 49.6 Å². The molecule has 2 aromatic carbocycles. The summed E-state index contributed by atoms with van der Waals surface area (Å²) in [6.45, 7) is 1.10. The van der Waals surface area contributed by atoms with E-state index in [-0.39, 0.29) is 36.2 Å². The van der Waals surface area contributed by atoms with Crippen molar-refractivity contribution in [3.8, 4) is 11.5 Å². The molecule has 2 aliphatic rings. The number of nitrogens with zero attached hydrogens (tertiary/aromatic N) is 1. The monoisotopic (exact) mass is 451 g/mol. The molecule has 0 atom stereocenters. The zero-order valence-corrected chi connectivity index (χ0v) is 18.7. The number of ether oxygens (including phenoxy) is 2. The molecular formula is C25H29N3O5. The number of anilines is 2. The van der Waals surface area contributed by atoms with E-state index in [4.69, 9.17) is 9.47 Å². The smallest absolute Gasteiger partial charge is 0.262 e. The highest BCUT2D eigenvalue weighted by Crippen LogP contribution is 2.32. The van der Waals surface area contributed by atoms with Crippen LogP contribution in [0, 0.1) is 11.8 Å². The molecule has 8 nitrogen and oxygen atoms in total. The molecule has 2 fully saturated rings. The molecule has 8 heteroatoms. The summed E-state index contributed by atoms with van der Waals surface area (Å²) in [5.41, 5.74) is 1.17. The van der Waals surface area contributed by atoms with Gasteiger partial charge in [-0.25, -0.2) is 0 Å². The largest absolute Gasteiger partial charge is 0.493 e. The van der Waals surface area contributed by atoms with E-state index < -0.39 is 0 Å². The highest BCUT2D eigenvalue weighted by molar-refractivity contribution is 5.95. The van der Waals surface area contributed by atoms with Crippen molar-refractivity contribution in [2.75, 3.05) is 37.4 Å². The fraction of sp³-hybridized carbons (Fsp3) is 0.400. The number of hydrogen-bond donors (Lipinski definition) is 2. The Morgan fingerprint density at radius 3 is 2.21 bits per heavy atom. The summed E-state index contributed by atoms with van der Waals surface area (Å²) < 4.78 is 10.8. The predicted molar refractivity (Wildman–Crippen MR) is 124 cm³/mol. The maximum Gasteiger partial charge on any atom is 0.262 e. The lowest BCUT2D eigenvalue weighted by atomic mass is 9.95. The van der Waals surface area contributed by atoms with E-state index in [0.29, 0.717) is 48.8 Å². The van der Waals surface area contributed by atoms with Gasteiger partial charge in [0.15, 0.2) is 18.1 Å². The molecule has 174 valence electrons. The summed E-state index contributed by atoms with van der Waals surface area (Å²) >= 11 is 0. The van der Waals surface area contributed by atoms with Gasteiger partial charge in [0.25, 0.3) is 5.91 Å². The number of amides is 3. The van der Waals surface area contributed by atoms with Gasteiger partial charge in [0.2, 0.25) is 11.8 Å². The van der Waals surface area contributed by atoms with Crippen LogP contribution in [0.3, 0.4) is 0 Å². The number of para-hydroxylation sites is 2. The molecule has 0 spiro atoms. The fourth-order valence-corrected chi connectivity index (χ4v) is 3.95. The van der Waals surface area contributed by atoms with Gasteiger partial charge in [0.05, 0.1) is 7.11 Å². The molecule has 1 aliphatic carbocycles. The minimum Gasteiger partial charge on any atom is -0.493 e. The summed E-state index contributed by atoms with van der Waals surface area (Å²) in [7, 11) is 1.54. The third kappa shape index (κ3) is 6.03. The lowest BCUT2D eigenvalue weighted by molar-refractivity contribution is -0.135. The highest BCUT2D eigenvalue weighted by atomic mass is 16.5. The normalized spacial score (nSPS) is 16.1. The number of hydrogen-bond acceptors (Lipinski definition) is 5. The van der Waals surface area contributed by atoms with Crippen LogP contribution in [0.1, 0.15) is 25.7 Å². The van der Waals surface area contributed by atoms with Gasteiger partial charge in [-0.15, -0.1) is 0 Å². The van der Waals surface area contributed by atoms with Crippen molar-refractivity contribution in [1.29, 1.82) is 0 Å². The number of rotatable bonds is 8. The van der Waals surface area contributed by atoms with E-state index in [1.807, 2.05) is 11.0 Å². The molecule has 0 bridgehead atoms. The average Bonchev–Trinajstić information content (AvgIpc) is 3.68. The topological polar surface area (TPSA) is 97.0 Å². The minimum atomic E-state index is -0.322. The second-order valence-electron chi connectivity index (χ2n) is 8.43. The van der Waals surface area contributed by atoms with Gasteiger partial charge in [0.1, 0.15) is 0 Å². The first-order valence-corrected chi connectivity index (χ1v) is 11.3. The van der Waals surface area contributed by atoms with Gasteiger partial charge in [-0.1, -0.05) is 18.2 Å². The van der Waals surface area contributed by atoms with E-state index >= 15 is 0 Å². The molecule has 1 saturated heterocycles. The summed E-state index contributed by atoms with van der Waals surface area (Å²) in [4.78, 5) is 39.1. The molecule has 2 N–H and O–H groups in total. The number of carbonyl (C=O) groups is 3. The third-order valence-corrected chi connectivity index (χ3v) is 5.95. The second-order valence-corrected chi connectivity index (χ2v) is 8.43. The second kappa shape index (κ2) is 10.4. The van der Waals surface area contributed by atoms with Gasteiger partial charge in [-0.05, 0) is 56.0 Å². The lowest BCUT2D eigenvalue weighted by Crippen LogP contribution is -2.42. The summed E-state index contributed by atoms with van der Waals surface area (Å²) in [5.74, 6) is 0.994. The van der Waals surface area contributed by atoms with Crippen molar-refractivity contribution in [3.63, 3.8) is 0 Å². The lowest BCUT2D eigenvalue weighted by Gasteiger charge is -2.31. The Morgan fingerprint density at radius 1 is 0.879 bits per heavy atom. The van der Waals surface area contributed by atoms with Crippen LogP contribution in [0.25, 0.3) is 0 Å². The molecule has 2 aromatic rings. The van der Waals surface area contributed by atoms with Crippen molar-refractivity contribution in [3.05, 3.63) is 48.5 Å². The van der Waals surface area contributed by atoms with Gasteiger partial charge >= 0.3 is 0 Å². The van der Waals surface area contributed by atoms with E-state index in [1.165, 1.54) is 0 Å². The van der Waals surface area contributed by atoms with Crippen LogP contribution in [0.2, 0.25) is 0 Å². The quantitative estimate of drug-likeness (QED) is 0.642. The summed E-state index contributed by atoms with van der Waals surface area (Å²) in [5, 5.41) is 5.71. The first-order chi connectivity index (χ1) is 16.0. The van der Waals surface area contributed by atoms with Gasteiger partial charge in [-0.3, -0.25) is 14.4 Å². The van der Waals surface area contributed by atoms with Gasteiger partial charge in [0, 0.05) is 36.3 Å². The maximum absolute atomic E-state index is 12.7. The SMILES string of the molecule is COc1ccccc1OCC(=O)Nc1cccc(NC(=O)C2CCN(C(=O)C3CC3)CC2)c1. The van der Waals surface area contributed by atoms with Crippen LogP contribution in [-0.2, 0) is 14.4 Å². The van der Waals surface area contributed by atoms with Crippen LogP contribution in [0.4, 0.5) is 11.4 Å². The average molecular weight is 452 g/mol. The Hall–Kier alpha value is -3.55. The van der Waals surface area contributed by atoms with Gasteiger partial charge in [-0.2, -0.15) is 0 Å². The highest BCUT2D eigenvalue weighted by Gasteiger charge is 2.35. The minimum absolute atomic E-state index is 0.0588. The molecule has 4 rings (SSSR count). The van der Waals surface area contributed by atoms with E-state index in [2.05, 4.69) is 10.6 Å². The van der Waals surface area contributed by atoms with Crippen molar-refractivity contribution in [1.82, 2.24) is 4.90 Å². The maximum atomic E-state index is 12.7. The zero-order valence-electron chi connectivity index (χ0n) is 18.7. The first-order valence-electron chi connectivity index (χ1n) is 11.3. The Kier molecular flexibility index (Phi) is 7.12. The number of carbonyl (C=O) groups excluding carboxylic acids is 3. The zero-order chi connectivity index (χ0) is 23.2. The van der Waals surface area contributed by atoms with Crippen molar-refractivity contribution >= 4 is 29.1 Å². The Morgan fingerprint density at radius 2 is 1.55 bits per heavy atom. The van der Waals surface area contributed by atoms with E-state index in [9.17, 15) is 14.4 Å². The van der Waals surface area contributed by atoms with Crippen LogP contribution in [-0.4, -0.2) is 49.4 Å². The van der Waals surface area contributed by atoms with Crippen LogP contribution < -0.4 is 20.1 Å². The molecule has 1 aliphatic heterocycles. The predicted octanol–water partition coefficient (Wildman–Crippen LogP) is 3.30. The fourth-order valence-electron chi connectivity index (χ4n) is 3.95. The number of methoxy groups -OCH3 is 1. The third-order valence-electron chi connectivity index (χ3n) is 5.95. The Labute approximate surface area is 193 Å². The first kappa shape index (κ1) is 22.6. The Bertz CT molecular complexity index is 1010. The number of benzene rings is 2. The summed E-state index contributed by atoms with van der Waals surface area (Å²) in [6, 6.07) is 14.1. The number of nitrogens with one attached hydrogen (secondary N) is 2. The van der Waals surface area contributed by atoms with Crippen LogP contribution in [0.15, 0.2) is 48.5 Å². The van der Waals surface area contributed by atoms with Crippen LogP contribution >= 0.6 is 0 Å². The molecule has 1 heterocycles. The Balaban J connectivity index is 1.25. The molecule has 0 radical (unpaired) electrons. The molecular weight excluding hydrogens is 422 g/mol. The standard InChI is InChI=1S/C25H29N3O5/c1-32-21-7-2-3-8-22(21)33-16-23(29)26-19-5-4-6-20(15-19)27-24(30)17-11-13-28(14-12-17)25(31)18-9-10-18/h2-8,15,17-18H,9-14,16H2,1H3,(H,26,29)(H,27,30). The summed E-state index contributed by atoms with van der Waals surface area (Å²) in [6.07, 6.45) is 3.33. The van der Waals surface area contributed by atoms with Gasteiger partial charge < -0.3 is 25.0 Å². The van der Waals surface area contributed by atoms with Crippen molar-refractivity contribution in [2.24, 2.45) is 11.8 Å². The molecule has 0 aromatic heterocycles.